The number of thiophene rings is 1. The molecule has 0 aliphatic heterocycles. The van der Waals surface area contributed by atoms with Crippen LogP contribution in [0.4, 0.5) is 13.2 Å². The van der Waals surface area contributed by atoms with Gasteiger partial charge in [0.25, 0.3) is 0 Å². The van der Waals surface area contributed by atoms with Crippen LogP contribution in [0.5, 0.6) is 0 Å². The zero-order valence-electron chi connectivity index (χ0n) is 9.65. The molecular formula is C11H15ClF3NS. The summed E-state index contributed by atoms with van der Waals surface area (Å²) in [6, 6.07) is 0.183. The van der Waals surface area contributed by atoms with Crippen molar-refractivity contribution in [3.05, 3.63) is 20.9 Å². The van der Waals surface area contributed by atoms with E-state index < -0.39 is 6.18 Å². The summed E-state index contributed by atoms with van der Waals surface area (Å²) in [7, 11) is 1.81. The van der Waals surface area contributed by atoms with Crippen molar-refractivity contribution in [1.29, 1.82) is 0 Å². The zero-order valence-corrected chi connectivity index (χ0v) is 11.3. The maximum Gasteiger partial charge on any atom is 0.425 e. The van der Waals surface area contributed by atoms with Crippen molar-refractivity contribution < 1.29 is 13.2 Å². The lowest BCUT2D eigenvalue weighted by molar-refractivity contribution is -0.135. The first-order chi connectivity index (χ1) is 7.43. The van der Waals surface area contributed by atoms with E-state index in [1.54, 1.807) is 6.92 Å². The zero-order chi connectivity index (χ0) is 11.9. The van der Waals surface area contributed by atoms with E-state index >= 15 is 0 Å². The molecule has 0 spiro atoms. The van der Waals surface area contributed by atoms with Gasteiger partial charge in [-0.1, -0.05) is 0 Å². The molecule has 1 atom stereocenters. The predicted molar refractivity (Wildman–Crippen MR) is 66.2 cm³/mol. The van der Waals surface area contributed by atoms with Crippen molar-refractivity contribution in [2.24, 2.45) is 0 Å². The van der Waals surface area contributed by atoms with Gasteiger partial charge < -0.3 is 5.32 Å². The van der Waals surface area contributed by atoms with Crippen molar-refractivity contribution >= 4 is 23.7 Å². The minimum absolute atomic E-state index is 0. The van der Waals surface area contributed by atoms with Gasteiger partial charge in [0.05, 0.1) is 0 Å². The maximum atomic E-state index is 12.8. The largest absolute Gasteiger partial charge is 0.425 e. The highest BCUT2D eigenvalue weighted by Gasteiger charge is 2.38. The summed E-state index contributed by atoms with van der Waals surface area (Å²) >= 11 is 0.897. The number of hydrogen-bond donors (Lipinski definition) is 1. The Labute approximate surface area is 109 Å². The standard InChI is InChI=1S/C11H14F3NS.ClH/c1-6-8-4-3-7(15-2)5-9(8)10(16-6)11(12,13)14;/h7,15H,3-5H2,1-2H3;1H. The van der Waals surface area contributed by atoms with Gasteiger partial charge in [0.2, 0.25) is 0 Å². The van der Waals surface area contributed by atoms with Crippen LogP contribution in [0.3, 0.4) is 0 Å². The number of rotatable bonds is 1. The number of alkyl halides is 3. The van der Waals surface area contributed by atoms with E-state index in [2.05, 4.69) is 5.32 Å². The molecule has 1 aliphatic rings. The summed E-state index contributed by atoms with van der Waals surface area (Å²) in [4.78, 5) is 0.442. The van der Waals surface area contributed by atoms with Gasteiger partial charge in [0, 0.05) is 10.9 Å². The Hall–Kier alpha value is -0.260. The number of fused-ring (bicyclic) bond motifs is 1. The molecule has 0 saturated carbocycles. The SMILES string of the molecule is CNC1CCc2c(C)sc(C(F)(F)F)c2C1.Cl. The van der Waals surface area contributed by atoms with E-state index in [-0.39, 0.29) is 23.3 Å². The topological polar surface area (TPSA) is 12.0 Å². The van der Waals surface area contributed by atoms with Crippen molar-refractivity contribution in [2.45, 2.75) is 38.4 Å². The van der Waals surface area contributed by atoms with Gasteiger partial charge in [-0.25, -0.2) is 0 Å². The third-order valence-corrected chi connectivity index (χ3v) is 4.41. The van der Waals surface area contributed by atoms with Crippen LogP contribution in [-0.2, 0) is 19.0 Å². The Morgan fingerprint density at radius 1 is 1.29 bits per heavy atom. The number of likely N-dealkylation sites (N-methyl/N-ethyl adjacent to an activating group) is 1. The van der Waals surface area contributed by atoms with Crippen molar-refractivity contribution in [1.82, 2.24) is 5.32 Å². The lowest BCUT2D eigenvalue weighted by Crippen LogP contribution is -2.32. The Balaban J connectivity index is 0.00000144. The molecule has 1 aromatic rings. The van der Waals surface area contributed by atoms with Crippen LogP contribution in [0.15, 0.2) is 0 Å². The number of nitrogens with one attached hydrogen (secondary N) is 1. The molecule has 1 nitrogen and oxygen atoms in total. The highest BCUT2D eigenvalue weighted by atomic mass is 35.5. The molecule has 1 N–H and O–H groups in total. The molecular weight excluding hydrogens is 271 g/mol. The Kier molecular flexibility index (Phi) is 4.49. The second kappa shape index (κ2) is 5.16. The molecule has 6 heteroatoms. The number of hydrogen-bond acceptors (Lipinski definition) is 2. The molecule has 1 aliphatic carbocycles. The van der Waals surface area contributed by atoms with Crippen LogP contribution >= 0.6 is 23.7 Å². The first kappa shape index (κ1) is 14.8. The van der Waals surface area contributed by atoms with Gasteiger partial charge in [-0.15, -0.1) is 23.7 Å². The molecule has 98 valence electrons. The van der Waals surface area contributed by atoms with Gasteiger partial charge in [0.15, 0.2) is 0 Å². The first-order valence-electron chi connectivity index (χ1n) is 5.29. The molecule has 0 fully saturated rings. The van der Waals surface area contributed by atoms with Crippen molar-refractivity contribution in [2.75, 3.05) is 7.05 Å². The third-order valence-electron chi connectivity index (χ3n) is 3.18. The monoisotopic (exact) mass is 285 g/mol. The minimum Gasteiger partial charge on any atom is -0.317 e. The van der Waals surface area contributed by atoms with Crippen LogP contribution < -0.4 is 5.32 Å². The molecule has 0 amide bonds. The van der Waals surface area contributed by atoms with Crippen LogP contribution in [0, 0.1) is 6.92 Å². The number of aryl methyl sites for hydroxylation is 1. The fourth-order valence-corrected chi connectivity index (χ4v) is 3.41. The molecule has 1 aromatic heterocycles. The van der Waals surface area contributed by atoms with E-state index in [0.717, 1.165) is 34.6 Å². The van der Waals surface area contributed by atoms with E-state index in [4.69, 9.17) is 0 Å². The smallest absolute Gasteiger partial charge is 0.317 e. The van der Waals surface area contributed by atoms with Crippen LogP contribution in [0.2, 0.25) is 0 Å². The van der Waals surface area contributed by atoms with Gasteiger partial charge in [0.1, 0.15) is 4.88 Å². The van der Waals surface area contributed by atoms with Crippen molar-refractivity contribution in [3.8, 4) is 0 Å². The summed E-state index contributed by atoms with van der Waals surface area (Å²) in [5, 5.41) is 3.07. The van der Waals surface area contributed by atoms with E-state index in [1.165, 1.54) is 0 Å². The predicted octanol–water partition coefficient (Wildman–Crippen LogP) is 3.57. The van der Waals surface area contributed by atoms with Crippen LogP contribution in [-0.4, -0.2) is 13.1 Å². The van der Waals surface area contributed by atoms with Gasteiger partial charge in [-0.2, -0.15) is 13.2 Å². The quantitative estimate of drug-likeness (QED) is 0.832. The normalized spacial score (nSPS) is 19.7. The van der Waals surface area contributed by atoms with Crippen molar-refractivity contribution in [3.63, 3.8) is 0 Å². The fraction of sp³-hybridized carbons (Fsp3) is 0.636. The van der Waals surface area contributed by atoms with Gasteiger partial charge in [-0.05, 0) is 44.4 Å². The molecule has 1 unspecified atom stereocenters. The molecule has 0 aromatic carbocycles. The Morgan fingerprint density at radius 3 is 2.47 bits per heavy atom. The van der Waals surface area contributed by atoms with E-state index in [9.17, 15) is 13.2 Å². The minimum atomic E-state index is -4.20. The maximum absolute atomic E-state index is 12.8. The molecule has 17 heavy (non-hydrogen) atoms. The highest BCUT2D eigenvalue weighted by Crippen LogP contribution is 2.43. The lowest BCUT2D eigenvalue weighted by atomic mass is 9.88. The fourth-order valence-electron chi connectivity index (χ4n) is 2.31. The summed E-state index contributed by atoms with van der Waals surface area (Å²) in [6.45, 7) is 1.79. The van der Waals surface area contributed by atoms with Crippen LogP contribution in [0.25, 0.3) is 0 Å². The summed E-state index contributed by atoms with van der Waals surface area (Å²) in [5.41, 5.74) is 1.46. The third kappa shape index (κ3) is 2.77. The second-order valence-corrected chi connectivity index (χ2v) is 5.40. The average Bonchev–Trinajstić information content (AvgIpc) is 2.55. The molecule has 1 heterocycles. The van der Waals surface area contributed by atoms with Crippen LogP contribution in [0.1, 0.15) is 27.3 Å². The number of halogens is 4. The van der Waals surface area contributed by atoms with E-state index in [1.807, 2.05) is 7.05 Å². The average molecular weight is 286 g/mol. The molecule has 2 rings (SSSR count). The van der Waals surface area contributed by atoms with E-state index in [0.29, 0.717) is 12.0 Å². The molecule has 0 radical (unpaired) electrons. The Bertz CT molecular complexity index is 400. The first-order valence-corrected chi connectivity index (χ1v) is 6.10. The Morgan fingerprint density at radius 2 is 1.94 bits per heavy atom. The molecule has 0 saturated heterocycles. The summed E-state index contributed by atoms with van der Waals surface area (Å²) in [5.74, 6) is 0. The van der Waals surface area contributed by atoms with Gasteiger partial charge in [-0.3, -0.25) is 0 Å². The second-order valence-electron chi connectivity index (χ2n) is 4.17. The summed E-state index contributed by atoms with van der Waals surface area (Å²) in [6.07, 6.45) is -2.00. The molecule has 0 bridgehead atoms. The van der Waals surface area contributed by atoms with Gasteiger partial charge >= 0.3 is 6.18 Å². The summed E-state index contributed by atoms with van der Waals surface area (Å²) < 4.78 is 38.4. The lowest BCUT2D eigenvalue weighted by Gasteiger charge is -2.23. The highest BCUT2D eigenvalue weighted by molar-refractivity contribution is 7.12.